The van der Waals surface area contributed by atoms with Gasteiger partial charge in [0.1, 0.15) is 16.7 Å². The van der Waals surface area contributed by atoms with Crippen LogP contribution in [0.25, 0.3) is 10.8 Å². The molecule has 268 valence electrons. The van der Waals surface area contributed by atoms with Gasteiger partial charge in [0.15, 0.2) is 0 Å². The van der Waals surface area contributed by atoms with Crippen LogP contribution in [0.2, 0.25) is 0 Å². The van der Waals surface area contributed by atoms with E-state index in [0.29, 0.717) is 37.3 Å². The zero-order chi connectivity index (χ0) is 35.7. The second-order valence-corrected chi connectivity index (χ2v) is 16.5. The summed E-state index contributed by atoms with van der Waals surface area (Å²) in [5, 5.41) is 20.4. The number of nitrogens with one attached hydrogen (secondary N) is 4. The molecule has 3 heterocycles. The highest BCUT2D eigenvalue weighted by Crippen LogP contribution is 2.53. The fraction of sp³-hybridized carbons (Fsp3) is 0.632. The van der Waals surface area contributed by atoms with Crippen molar-refractivity contribution in [2.45, 2.75) is 104 Å². The van der Waals surface area contributed by atoms with E-state index in [4.69, 9.17) is 14.9 Å². The van der Waals surface area contributed by atoms with Crippen LogP contribution in [0.1, 0.15) is 80.2 Å². The van der Waals surface area contributed by atoms with E-state index in [-0.39, 0.29) is 30.4 Å². The smallest absolute Gasteiger partial charge is 0.417 e. The molecule has 0 unspecified atom stereocenters. The van der Waals surface area contributed by atoms with Gasteiger partial charge in [-0.3, -0.25) is 20.4 Å². The van der Waals surface area contributed by atoms with E-state index < -0.39 is 28.9 Å². The van der Waals surface area contributed by atoms with Crippen molar-refractivity contribution in [2.24, 2.45) is 23.7 Å². The predicted molar refractivity (Wildman–Crippen MR) is 191 cm³/mol. The number of piperidine rings is 2. The number of amides is 3. The standard InChI is InChI=1S/C38H56N6O5/c1-24(2)19-30-31-29-22-41-38(30,32(45)40-21-26-15-11-14-25-13-9-10-16-28(25)26)20-27(29)23-43(31)17-12-18-44(35(47)49-37(6,7)8)33(39)42-34(46)48-36(3,4)5/h9-11,13-16,24,27,29-31,41H,12,17-23H2,1-8H3,(H,40,45)(H2,39,42,46)/t27-,29-,30+,31+,38+/m1/s1. The first-order chi connectivity index (χ1) is 23.0. The van der Waals surface area contributed by atoms with Crippen LogP contribution in [0, 0.1) is 29.1 Å². The first-order valence-corrected chi connectivity index (χ1v) is 17.8. The summed E-state index contributed by atoms with van der Waals surface area (Å²) in [4.78, 5) is 43.7. The summed E-state index contributed by atoms with van der Waals surface area (Å²) in [5.74, 6) is 1.09. The second-order valence-electron chi connectivity index (χ2n) is 16.5. The Balaban J connectivity index is 1.29. The molecule has 49 heavy (non-hydrogen) atoms. The molecule has 0 radical (unpaired) electrons. The number of benzene rings is 2. The van der Waals surface area contributed by atoms with Crippen LogP contribution < -0.4 is 16.0 Å². The minimum absolute atomic E-state index is 0.0823. The largest absolute Gasteiger partial charge is 0.444 e. The maximum absolute atomic E-state index is 14.3. The molecule has 2 aromatic carbocycles. The van der Waals surface area contributed by atoms with Gasteiger partial charge in [0.25, 0.3) is 0 Å². The lowest BCUT2D eigenvalue weighted by Gasteiger charge is -2.56. The van der Waals surface area contributed by atoms with Gasteiger partial charge in [-0.1, -0.05) is 56.3 Å². The molecule has 6 rings (SSSR count). The number of fused-ring (bicyclic) bond motifs is 2. The van der Waals surface area contributed by atoms with E-state index in [2.05, 4.69) is 59.0 Å². The van der Waals surface area contributed by atoms with Gasteiger partial charge in [0.05, 0.1) is 0 Å². The molecule has 11 heteroatoms. The summed E-state index contributed by atoms with van der Waals surface area (Å²) in [6.07, 6.45) is 0.793. The molecule has 0 spiro atoms. The van der Waals surface area contributed by atoms with Crippen LogP contribution in [0.4, 0.5) is 9.59 Å². The lowest BCUT2D eigenvalue weighted by atomic mass is 9.57. The van der Waals surface area contributed by atoms with E-state index >= 15 is 0 Å². The zero-order valence-corrected chi connectivity index (χ0v) is 30.5. The Kier molecular flexibility index (Phi) is 10.6. The Hall–Kier alpha value is -3.70. The number of rotatable bonds is 9. The third-order valence-electron chi connectivity index (χ3n) is 10.00. The second kappa shape index (κ2) is 14.3. The van der Waals surface area contributed by atoms with E-state index in [0.717, 1.165) is 42.3 Å². The third-order valence-corrected chi connectivity index (χ3v) is 10.00. The van der Waals surface area contributed by atoms with Crippen molar-refractivity contribution in [3.05, 3.63) is 48.0 Å². The average Bonchev–Trinajstić information content (AvgIpc) is 3.30. The van der Waals surface area contributed by atoms with Crippen molar-refractivity contribution in [2.75, 3.05) is 26.2 Å². The first kappa shape index (κ1) is 36.6. The number of hydrogen-bond donors (Lipinski definition) is 4. The van der Waals surface area contributed by atoms with E-state index in [1.54, 1.807) is 41.5 Å². The molecule has 2 aromatic rings. The van der Waals surface area contributed by atoms with Crippen molar-refractivity contribution < 1.29 is 23.9 Å². The maximum atomic E-state index is 14.3. The molecule has 4 N–H and O–H groups in total. The molecule has 5 atom stereocenters. The molecule has 3 saturated heterocycles. The Morgan fingerprint density at radius 3 is 2.43 bits per heavy atom. The van der Waals surface area contributed by atoms with Crippen molar-refractivity contribution >= 4 is 34.8 Å². The molecule has 0 aromatic heterocycles. The van der Waals surface area contributed by atoms with Crippen LogP contribution in [-0.2, 0) is 20.8 Å². The molecule has 4 fully saturated rings. The highest BCUT2D eigenvalue weighted by Gasteiger charge is 2.64. The Morgan fingerprint density at radius 2 is 1.73 bits per heavy atom. The maximum Gasteiger partial charge on any atom is 0.417 e. The number of ether oxygens (including phenoxy) is 2. The third kappa shape index (κ3) is 8.37. The van der Waals surface area contributed by atoms with E-state index in [1.165, 1.54) is 4.90 Å². The summed E-state index contributed by atoms with van der Waals surface area (Å²) in [5.41, 5.74) is -1.06. The van der Waals surface area contributed by atoms with Gasteiger partial charge in [-0.15, -0.1) is 0 Å². The highest BCUT2D eigenvalue weighted by atomic mass is 16.6. The van der Waals surface area contributed by atoms with Crippen LogP contribution in [0.5, 0.6) is 0 Å². The highest BCUT2D eigenvalue weighted by molar-refractivity contribution is 5.99. The molecular weight excluding hydrogens is 620 g/mol. The molecule has 3 aliphatic heterocycles. The fourth-order valence-corrected chi connectivity index (χ4v) is 8.25. The van der Waals surface area contributed by atoms with E-state index in [1.807, 2.05) is 18.2 Å². The molecule has 4 bridgehead atoms. The Bertz CT molecular complexity index is 1540. The molecular formula is C38H56N6O5. The van der Waals surface area contributed by atoms with Gasteiger partial charge in [0, 0.05) is 44.7 Å². The monoisotopic (exact) mass is 676 g/mol. The van der Waals surface area contributed by atoms with Gasteiger partial charge in [0.2, 0.25) is 11.9 Å². The number of nitrogens with zero attached hydrogens (tertiary/aromatic N) is 2. The predicted octanol–water partition coefficient (Wildman–Crippen LogP) is 5.87. The Morgan fingerprint density at radius 1 is 1.04 bits per heavy atom. The summed E-state index contributed by atoms with van der Waals surface area (Å²) < 4.78 is 10.9. The van der Waals surface area contributed by atoms with Gasteiger partial charge >= 0.3 is 12.2 Å². The molecule has 4 aliphatic rings. The SMILES string of the molecule is CC(C)C[C@H]1[C@@H]2[C@@H]3CN[C@@]1(C(=O)NCc1cccc4ccccc14)C[C@@H]3CN2CCCN(C(=N)NC(=O)OC(C)(C)C)C(=O)OC(C)(C)C. The summed E-state index contributed by atoms with van der Waals surface area (Å²) >= 11 is 0. The van der Waals surface area contributed by atoms with Gasteiger partial charge < -0.3 is 20.1 Å². The van der Waals surface area contributed by atoms with Gasteiger partial charge in [-0.25, -0.2) is 14.5 Å². The average molecular weight is 677 g/mol. The number of carbonyl (C=O) groups is 3. The summed E-state index contributed by atoms with van der Waals surface area (Å²) in [6.45, 7) is 18.0. The number of alkyl carbamates (subject to hydrolysis) is 1. The quantitative estimate of drug-likeness (QED) is 0.193. The zero-order valence-electron chi connectivity index (χ0n) is 30.5. The lowest BCUT2D eigenvalue weighted by molar-refractivity contribution is -0.139. The first-order valence-electron chi connectivity index (χ1n) is 17.8. The van der Waals surface area contributed by atoms with Gasteiger partial charge in [-0.05, 0) is 94.9 Å². The van der Waals surface area contributed by atoms with Crippen molar-refractivity contribution in [3.63, 3.8) is 0 Å². The molecule has 1 aliphatic carbocycles. The number of hydrogen-bond acceptors (Lipinski definition) is 8. The van der Waals surface area contributed by atoms with Crippen molar-refractivity contribution in [1.29, 1.82) is 5.41 Å². The molecule has 1 saturated carbocycles. The van der Waals surface area contributed by atoms with Crippen LogP contribution in [-0.4, -0.2) is 82.8 Å². The van der Waals surface area contributed by atoms with Crippen LogP contribution in [0.3, 0.4) is 0 Å². The molecule has 11 nitrogen and oxygen atoms in total. The topological polar surface area (TPSA) is 136 Å². The van der Waals surface area contributed by atoms with Crippen LogP contribution in [0.15, 0.2) is 42.5 Å². The molecule has 3 amide bonds. The normalized spacial score (nSPS) is 24.9. The van der Waals surface area contributed by atoms with Crippen molar-refractivity contribution in [3.8, 4) is 0 Å². The minimum atomic E-state index is -0.802. The number of likely N-dealkylation sites (tertiary alicyclic amines) is 1. The Labute approximate surface area is 291 Å². The fourth-order valence-electron chi connectivity index (χ4n) is 8.25. The van der Waals surface area contributed by atoms with Crippen molar-refractivity contribution in [1.82, 2.24) is 25.8 Å². The summed E-state index contributed by atoms with van der Waals surface area (Å²) in [7, 11) is 0. The number of guanidine groups is 1. The minimum Gasteiger partial charge on any atom is -0.444 e. The number of carbonyl (C=O) groups excluding carboxylic acids is 3. The van der Waals surface area contributed by atoms with E-state index in [9.17, 15) is 14.4 Å². The van der Waals surface area contributed by atoms with Crippen LogP contribution >= 0.6 is 0 Å². The van der Waals surface area contributed by atoms with Gasteiger partial charge in [-0.2, -0.15) is 0 Å². The summed E-state index contributed by atoms with van der Waals surface area (Å²) in [6, 6.07) is 14.7. The lowest BCUT2D eigenvalue weighted by Crippen LogP contribution is -2.74.